The molecule has 0 N–H and O–H groups in total. The van der Waals surface area contributed by atoms with Gasteiger partial charge in [-0.2, -0.15) is 4.98 Å². The zero-order valence-electron chi connectivity index (χ0n) is 12.1. The smallest absolute Gasteiger partial charge is 0.308 e. The van der Waals surface area contributed by atoms with Crippen molar-refractivity contribution in [3.05, 3.63) is 16.8 Å². The zero-order chi connectivity index (χ0) is 15.7. The number of halogens is 2. The van der Waals surface area contributed by atoms with E-state index in [0.29, 0.717) is 22.2 Å². The predicted molar refractivity (Wildman–Crippen MR) is 82.8 cm³/mol. The molecule has 8 heteroatoms. The van der Waals surface area contributed by atoms with Gasteiger partial charge in [0.05, 0.1) is 19.4 Å². The fourth-order valence-electron chi connectivity index (χ4n) is 3.07. The minimum Gasteiger partial charge on any atom is -0.469 e. The first kappa shape index (κ1) is 15.5. The van der Waals surface area contributed by atoms with Gasteiger partial charge in [0.15, 0.2) is 10.8 Å². The van der Waals surface area contributed by atoms with Crippen LogP contribution < -0.4 is 0 Å². The number of aromatic nitrogens is 4. The van der Waals surface area contributed by atoms with E-state index < -0.39 is 0 Å². The zero-order valence-corrected chi connectivity index (χ0v) is 13.6. The number of hydrogen-bond acceptors (Lipinski definition) is 5. The number of carbonyl (C=O) groups is 1. The Morgan fingerprint density at radius 1 is 1.32 bits per heavy atom. The van der Waals surface area contributed by atoms with Crippen LogP contribution in [0, 0.1) is 11.8 Å². The molecule has 2 heterocycles. The number of methoxy groups -OCH3 is 1. The van der Waals surface area contributed by atoms with Crippen LogP contribution in [0.25, 0.3) is 11.2 Å². The number of esters is 1. The quantitative estimate of drug-likeness (QED) is 0.487. The second-order valence-corrected chi connectivity index (χ2v) is 6.29. The van der Waals surface area contributed by atoms with E-state index >= 15 is 0 Å². The Kier molecular flexibility index (Phi) is 4.49. The molecule has 1 aliphatic rings. The van der Waals surface area contributed by atoms with Gasteiger partial charge in [-0.3, -0.25) is 4.79 Å². The summed E-state index contributed by atoms with van der Waals surface area (Å²) < 4.78 is 6.78. The number of rotatable bonds is 3. The average Bonchev–Trinajstić information content (AvgIpc) is 2.90. The molecule has 2 aromatic rings. The maximum atomic E-state index is 11.6. The maximum Gasteiger partial charge on any atom is 0.308 e. The normalized spacial score (nSPS) is 22.0. The molecule has 0 spiro atoms. The average molecular weight is 343 g/mol. The summed E-state index contributed by atoms with van der Waals surface area (Å²) in [6.07, 6.45) is 5.39. The number of ether oxygens (including phenoxy) is 1. The summed E-state index contributed by atoms with van der Waals surface area (Å²) in [5.41, 5.74) is 1.22. The van der Waals surface area contributed by atoms with Crippen LogP contribution in [-0.2, 0) is 16.1 Å². The maximum absolute atomic E-state index is 11.6. The first-order valence-corrected chi connectivity index (χ1v) is 7.95. The van der Waals surface area contributed by atoms with Crippen molar-refractivity contribution in [2.45, 2.75) is 32.2 Å². The summed E-state index contributed by atoms with van der Waals surface area (Å²) >= 11 is 11.9. The molecule has 0 aliphatic heterocycles. The molecule has 6 nitrogen and oxygen atoms in total. The topological polar surface area (TPSA) is 69.9 Å². The minimum atomic E-state index is -0.0994. The third kappa shape index (κ3) is 3.03. The highest BCUT2D eigenvalue weighted by Crippen LogP contribution is 2.32. The first-order valence-electron chi connectivity index (χ1n) is 7.20. The monoisotopic (exact) mass is 342 g/mol. The predicted octanol–water partition coefficient (Wildman–Crippen LogP) is 3.11. The SMILES string of the molecule is COC(=O)[C@H]1CC[C@H](Cn2cnc3nc(Cl)nc(Cl)c32)CC1. The van der Waals surface area contributed by atoms with Crippen molar-refractivity contribution in [1.29, 1.82) is 0 Å². The van der Waals surface area contributed by atoms with Crippen molar-refractivity contribution in [1.82, 2.24) is 19.5 Å². The van der Waals surface area contributed by atoms with Gasteiger partial charge >= 0.3 is 5.97 Å². The van der Waals surface area contributed by atoms with Crippen LogP contribution in [0.2, 0.25) is 10.4 Å². The number of nitrogens with zero attached hydrogens (tertiary/aromatic N) is 4. The molecule has 0 saturated heterocycles. The number of imidazole rings is 1. The molecule has 22 heavy (non-hydrogen) atoms. The summed E-state index contributed by atoms with van der Waals surface area (Å²) in [6, 6.07) is 0. The third-order valence-electron chi connectivity index (χ3n) is 4.24. The molecule has 2 aromatic heterocycles. The summed E-state index contributed by atoms with van der Waals surface area (Å²) in [4.78, 5) is 23.8. The second-order valence-electron chi connectivity index (χ2n) is 5.59. The number of hydrogen-bond donors (Lipinski definition) is 0. The largest absolute Gasteiger partial charge is 0.469 e. The standard InChI is InChI=1S/C14H16Cl2N4O2/c1-22-13(21)9-4-2-8(3-5-9)6-20-7-17-12-10(20)11(15)18-14(16)19-12/h7-9H,2-6H2,1H3/t8-,9-. The van der Waals surface area contributed by atoms with Gasteiger partial charge in [0.2, 0.25) is 5.28 Å². The van der Waals surface area contributed by atoms with E-state index in [1.165, 1.54) is 7.11 Å². The van der Waals surface area contributed by atoms with Gasteiger partial charge in [-0.15, -0.1) is 0 Å². The van der Waals surface area contributed by atoms with Crippen LogP contribution in [0.3, 0.4) is 0 Å². The lowest BCUT2D eigenvalue weighted by atomic mass is 9.82. The van der Waals surface area contributed by atoms with Crippen molar-refractivity contribution in [3.63, 3.8) is 0 Å². The molecule has 0 radical (unpaired) electrons. The molecule has 1 fully saturated rings. The van der Waals surface area contributed by atoms with E-state index in [1.54, 1.807) is 6.33 Å². The minimum absolute atomic E-state index is 0.0338. The van der Waals surface area contributed by atoms with Gasteiger partial charge in [-0.25, -0.2) is 9.97 Å². The Balaban J connectivity index is 1.71. The lowest BCUT2D eigenvalue weighted by Crippen LogP contribution is -2.24. The fraction of sp³-hybridized carbons (Fsp3) is 0.571. The third-order valence-corrected chi connectivity index (χ3v) is 4.67. The molecule has 1 saturated carbocycles. The van der Waals surface area contributed by atoms with Crippen molar-refractivity contribution in [2.75, 3.05) is 7.11 Å². The summed E-state index contributed by atoms with van der Waals surface area (Å²) in [5, 5.41) is 0.414. The Bertz CT molecular complexity index is 695. The summed E-state index contributed by atoms with van der Waals surface area (Å²) in [6.45, 7) is 0.787. The van der Waals surface area contributed by atoms with Gasteiger partial charge in [0, 0.05) is 6.54 Å². The number of carbonyl (C=O) groups excluding carboxylic acids is 1. The second kappa shape index (κ2) is 6.38. The van der Waals surface area contributed by atoms with E-state index in [1.807, 2.05) is 4.57 Å². The summed E-state index contributed by atoms with van der Waals surface area (Å²) in [5.74, 6) is 0.411. The molecule has 1 aliphatic carbocycles. The molecule has 0 unspecified atom stereocenters. The van der Waals surface area contributed by atoms with Crippen molar-refractivity contribution >= 4 is 40.3 Å². The molecule has 0 bridgehead atoms. The lowest BCUT2D eigenvalue weighted by Gasteiger charge is -2.27. The van der Waals surface area contributed by atoms with Crippen molar-refractivity contribution in [2.24, 2.45) is 11.8 Å². The van der Waals surface area contributed by atoms with Crippen LogP contribution in [0.15, 0.2) is 6.33 Å². The molecular weight excluding hydrogens is 327 g/mol. The summed E-state index contributed by atoms with van der Waals surface area (Å²) in [7, 11) is 1.44. The molecule has 118 valence electrons. The number of fused-ring (bicyclic) bond motifs is 1. The van der Waals surface area contributed by atoms with Crippen LogP contribution >= 0.6 is 23.2 Å². The Morgan fingerprint density at radius 3 is 2.73 bits per heavy atom. The Morgan fingerprint density at radius 2 is 2.05 bits per heavy atom. The van der Waals surface area contributed by atoms with Gasteiger partial charge in [-0.1, -0.05) is 11.6 Å². The van der Waals surface area contributed by atoms with Crippen molar-refractivity contribution < 1.29 is 9.53 Å². The van der Waals surface area contributed by atoms with E-state index in [0.717, 1.165) is 32.2 Å². The van der Waals surface area contributed by atoms with Crippen molar-refractivity contribution in [3.8, 4) is 0 Å². The van der Waals surface area contributed by atoms with Crippen LogP contribution in [0.1, 0.15) is 25.7 Å². The van der Waals surface area contributed by atoms with E-state index in [2.05, 4.69) is 15.0 Å². The van der Waals surface area contributed by atoms with E-state index in [4.69, 9.17) is 27.9 Å². The lowest BCUT2D eigenvalue weighted by molar-refractivity contribution is -0.146. The van der Waals surface area contributed by atoms with E-state index in [9.17, 15) is 4.79 Å². The van der Waals surface area contributed by atoms with Gasteiger partial charge in [-0.05, 0) is 43.2 Å². The van der Waals surface area contributed by atoms with Crippen LogP contribution in [-0.4, -0.2) is 32.6 Å². The Hall–Kier alpha value is -1.40. The highest BCUT2D eigenvalue weighted by atomic mass is 35.5. The van der Waals surface area contributed by atoms with Crippen LogP contribution in [0.4, 0.5) is 0 Å². The molecular formula is C14H16Cl2N4O2. The fourth-order valence-corrected chi connectivity index (χ4v) is 3.56. The van der Waals surface area contributed by atoms with Gasteiger partial charge in [0.25, 0.3) is 0 Å². The molecule has 0 atom stereocenters. The molecule has 0 aromatic carbocycles. The molecule has 0 amide bonds. The highest BCUT2D eigenvalue weighted by molar-refractivity contribution is 6.35. The molecule has 3 rings (SSSR count). The first-order chi connectivity index (χ1) is 10.6. The van der Waals surface area contributed by atoms with Gasteiger partial charge in [0.1, 0.15) is 5.52 Å². The highest BCUT2D eigenvalue weighted by Gasteiger charge is 2.27. The van der Waals surface area contributed by atoms with Crippen LogP contribution in [0.5, 0.6) is 0 Å². The van der Waals surface area contributed by atoms with Gasteiger partial charge < -0.3 is 9.30 Å². The van der Waals surface area contributed by atoms with E-state index in [-0.39, 0.29) is 17.2 Å². The Labute approximate surface area is 137 Å².